The van der Waals surface area contributed by atoms with Crippen molar-refractivity contribution in [1.82, 2.24) is 0 Å². The largest absolute Gasteiger partial charge is 0.493 e. The highest BCUT2D eigenvalue weighted by molar-refractivity contribution is 5.71. The highest BCUT2D eigenvalue weighted by Crippen LogP contribution is 2.18. The number of benzene rings is 1. The van der Waals surface area contributed by atoms with E-state index in [0.29, 0.717) is 12.4 Å². The van der Waals surface area contributed by atoms with Gasteiger partial charge in [-0.25, -0.2) is 0 Å². The Morgan fingerprint density at radius 3 is 2.79 bits per heavy atom. The van der Waals surface area contributed by atoms with Gasteiger partial charge in [-0.1, -0.05) is 25.1 Å². The van der Waals surface area contributed by atoms with Crippen LogP contribution in [0.25, 0.3) is 0 Å². The second-order valence-corrected chi connectivity index (χ2v) is 3.03. The molecule has 0 saturated carbocycles. The van der Waals surface area contributed by atoms with Gasteiger partial charge in [-0.15, -0.1) is 0 Å². The molecule has 0 amide bonds. The predicted octanol–water partition coefficient (Wildman–Crippen LogP) is 2.10. The number of carboxylic acid groups (broad SMARTS) is 1. The number of carbonyl (C=O) groups is 1. The first-order valence-electron chi connectivity index (χ1n) is 4.66. The molecular formula is C11H14O3. The van der Waals surface area contributed by atoms with Crippen LogP contribution in [-0.4, -0.2) is 17.7 Å². The van der Waals surface area contributed by atoms with E-state index >= 15 is 0 Å². The third kappa shape index (κ3) is 3.09. The van der Waals surface area contributed by atoms with Crippen molar-refractivity contribution in [1.29, 1.82) is 0 Å². The van der Waals surface area contributed by atoms with E-state index in [9.17, 15) is 4.79 Å². The van der Waals surface area contributed by atoms with Crippen LogP contribution in [0.4, 0.5) is 0 Å². The van der Waals surface area contributed by atoms with Gasteiger partial charge in [0.15, 0.2) is 0 Å². The molecule has 0 unspecified atom stereocenters. The Labute approximate surface area is 83.3 Å². The lowest BCUT2D eigenvalue weighted by atomic mass is 10.1. The summed E-state index contributed by atoms with van der Waals surface area (Å²) >= 11 is 0. The summed E-state index contributed by atoms with van der Waals surface area (Å²) in [6.45, 7) is 2.64. The summed E-state index contributed by atoms with van der Waals surface area (Å²) in [6.07, 6.45) is 0.932. The SMILES string of the molecule is CCCOc1ccccc1CC(=O)O. The van der Waals surface area contributed by atoms with E-state index in [0.717, 1.165) is 12.0 Å². The molecule has 3 heteroatoms. The summed E-state index contributed by atoms with van der Waals surface area (Å²) in [5.74, 6) is -0.158. The molecule has 0 fully saturated rings. The normalized spacial score (nSPS) is 9.79. The molecule has 14 heavy (non-hydrogen) atoms. The zero-order valence-corrected chi connectivity index (χ0v) is 8.19. The molecular weight excluding hydrogens is 180 g/mol. The van der Waals surface area contributed by atoms with Gasteiger partial charge in [0, 0.05) is 5.56 Å². The molecule has 76 valence electrons. The van der Waals surface area contributed by atoms with Crippen molar-refractivity contribution < 1.29 is 14.6 Å². The Balaban J connectivity index is 2.74. The van der Waals surface area contributed by atoms with Gasteiger partial charge < -0.3 is 9.84 Å². The first-order valence-corrected chi connectivity index (χ1v) is 4.66. The Morgan fingerprint density at radius 1 is 1.43 bits per heavy atom. The van der Waals surface area contributed by atoms with Crippen LogP contribution in [0.5, 0.6) is 5.75 Å². The van der Waals surface area contributed by atoms with Gasteiger partial charge >= 0.3 is 5.97 Å². The molecule has 1 N–H and O–H groups in total. The third-order valence-electron chi connectivity index (χ3n) is 1.78. The molecule has 0 aliphatic rings. The molecule has 0 radical (unpaired) electrons. The van der Waals surface area contributed by atoms with Crippen molar-refractivity contribution in [3.8, 4) is 5.75 Å². The number of para-hydroxylation sites is 1. The summed E-state index contributed by atoms with van der Waals surface area (Å²) in [6, 6.07) is 7.24. The molecule has 0 bridgehead atoms. The van der Waals surface area contributed by atoms with E-state index < -0.39 is 5.97 Å². The number of carboxylic acids is 1. The van der Waals surface area contributed by atoms with Crippen molar-refractivity contribution in [3.05, 3.63) is 29.8 Å². The number of hydrogen-bond donors (Lipinski definition) is 1. The van der Waals surface area contributed by atoms with Crippen molar-refractivity contribution in [2.24, 2.45) is 0 Å². The van der Waals surface area contributed by atoms with Gasteiger partial charge in [0.1, 0.15) is 5.75 Å². The fraction of sp³-hybridized carbons (Fsp3) is 0.364. The topological polar surface area (TPSA) is 46.5 Å². The molecule has 0 aromatic heterocycles. The van der Waals surface area contributed by atoms with Crippen LogP contribution in [0.2, 0.25) is 0 Å². The average Bonchev–Trinajstić information content (AvgIpc) is 2.16. The van der Waals surface area contributed by atoms with E-state index in [1.54, 1.807) is 12.1 Å². The van der Waals surface area contributed by atoms with Crippen LogP contribution in [0.1, 0.15) is 18.9 Å². The molecule has 1 aromatic carbocycles. The first-order chi connectivity index (χ1) is 6.74. The van der Waals surface area contributed by atoms with E-state index in [4.69, 9.17) is 9.84 Å². The molecule has 0 aliphatic carbocycles. The van der Waals surface area contributed by atoms with Crippen molar-refractivity contribution in [2.75, 3.05) is 6.61 Å². The number of rotatable bonds is 5. The van der Waals surface area contributed by atoms with Gasteiger partial charge in [-0.05, 0) is 12.5 Å². The standard InChI is InChI=1S/C11H14O3/c1-2-7-14-10-6-4-3-5-9(10)8-11(12)13/h3-6H,2,7-8H2,1H3,(H,12,13). The van der Waals surface area contributed by atoms with Gasteiger partial charge in [-0.3, -0.25) is 4.79 Å². The number of ether oxygens (including phenoxy) is 1. The lowest BCUT2D eigenvalue weighted by Crippen LogP contribution is -2.04. The fourth-order valence-electron chi connectivity index (χ4n) is 1.17. The van der Waals surface area contributed by atoms with Crippen molar-refractivity contribution in [3.63, 3.8) is 0 Å². The Bertz CT molecular complexity index is 307. The second kappa shape index (κ2) is 5.27. The molecule has 0 heterocycles. The van der Waals surface area contributed by atoms with E-state index in [1.807, 2.05) is 19.1 Å². The van der Waals surface area contributed by atoms with Crippen molar-refractivity contribution >= 4 is 5.97 Å². The Kier molecular flexibility index (Phi) is 3.98. The Hall–Kier alpha value is -1.51. The van der Waals surface area contributed by atoms with Crippen LogP contribution in [0.15, 0.2) is 24.3 Å². The summed E-state index contributed by atoms with van der Waals surface area (Å²) in [4.78, 5) is 10.5. The third-order valence-corrected chi connectivity index (χ3v) is 1.78. The molecule has 0 spiro atoms. The maximum atomic E-state index is 10.5. The summed E-state index contributed by atoms with van der Waals surface area (Å²) in [5.41, 5.74) is 0.730. The molecule has 1 aromatic rings. The smallest absolute Gasteiger partial charge is 0.307 e. The zero-order valence-electron chi connectivity index (χ0n) is 8.19. The molecule has 1 rings (SSSR count). The number of hydrogen-bond acceptors (Lipinski definition) is 2. The summed E-state index contributed by atoms with van der Waals surface area (Å²) < 4.78 is 5.42. The summed E-state index contributed by atoms with van der Waals surface area (Å²) in [7, 11) is 0. The Morgan fingerprint density at radius 2 is 2.14 bits per heavy atom. The van der Waals surface area contributed by atoms with Crippen molar-refractivity contribution in [2.45, 2.75) is 19.8 Å². The maximum absolute atomic E-state index is 10.5. The number of aliphatic carboxylic acids is 1. The van der Waals surface area contributed by atoms with E-state index in [1.165, 1.54) is 0 Å². The van der Waals surface area contributed by atoms with E-state index in [2.05, 4.69) is 0 Å². The van der Waals surface area contributed by atoms with Gasteiger partial charge in [0.05, 0.1) is 13.0 Å². The monoisotopic (exact) mass is 194 g/mol. The molecule has 3 nitrogen and oxygen atoms in total. The highest BCUT2D eigenvalue weighted by atomic mass is 16.5. The minimum atomic E-state index is -0.836. The predicted molar refractivity (Wildman–Crippen MR) is 53.6 cm³/mol. The lowest BCUT2D eigenvalue weighted by molar-refractivity contribution is -0.136. The molecule has 0 atom stereocenters. The summed E-state index contributed by atoms with van der Waals surface area (Å²) in [5, 5.41) is 8.66. The van der Waals surface area contributed by atoms with Gasteiger partial charge in [0.25, 0.3) is 0 Å². The fourth-order valence-corrected chi connectivity index (χ4v) is 1.17. The van der Waals surface area contributed by atoms with Crippen LogP contribution >= 0.6 is 0 Å². The quantitative estimate of drug-likeness (QED) is 0.780. The zero-order chi connectivity index (χ0) is 10.4. The molecule has 0 saturated heterocycles. The first kappa shape index (κ1) is 10.6. The maximum Gasteiger partial charge on any atom is 0.307 e. The van der Waals surface area contributed by atoms with Crippen LogP contribution < -0.4 is 4.74 Å². The lowest BCUT2D eigenvalue weighted by Gasteiger charge is -2.08. The average molecular weight is 194 g/mol. The highest BCUT2D eigenvalue weighted by Gasteiger charge is 2.06. The van der Waals surface area contributed by atoms with Gasteiger partial charge in [-0.2, -0.15) is 0 Å². The second-order valence-electron chi connectivity index (χ2n) is 3.03. The van der Waals surface area contributed by atoms with E-state index in [-0.39, 0.29) is 6.42 Å². The van der Waals surface area contributed by atoms with Crippen LogP contribution in [0.3, 0.4) is 0 Å². The van der Waals surface area contributed by atoms with Crippen LogP contribution in [0, 0.1) is 0 Å². The minimum Gasteiger partial charge on any atom is -0.493 e. The minimum absolute atomic E-state index is 0.0138. The van der Waals surface area contributed by atoms with Gasteiger partial charge in [0.2, 0.25) is 0 Å². The molecule has 0 aliphatic heterocycles. The van der Waals surface area contributed by atoms with Crippen LogP contribution in [-0.2, 0) is 11.2 Å².